The fourth-order valence-corrected chi connectivity index (χ4v) is 4.15. The molecule has 3 fully saturated rings. The molecule has 1 atom stereocenters. The normalized spacial score (nSPS) is 22.5. The number of hydrogen-bond donors (Lipinski definition) is 2. The minimum Gasteiger partial charge on any atom is -0.490 e. The summed E-state index contributed by atoms with van der Waals surface area (Å²) in [4.78, 5) is 22.9. The Morgan fingerprint density at radius 1 is 1.16 bits per heavy atom. The van der Waals surface area contributed by atoms with Crippen molar-refractivity contribution in [3.8, 4) is 5.75 Å². The van der Waals surface area contributed by atoms with Gasteiger partial charge in [0.1, 0.15) is 0 Å². The lowest BCUT2D eigenvalue weighted by molar-refractivity contribution is -0.136. The number of rotatable bonds is 12. The summed E-state index contributed by atoms with van der Waals surface area (Å²) in [7, 11) is 0. The molecule has 0 bridgehead atoms. The summed E-state index contributed by atoms with van der Waals surface area (Å²) in [5.74, 6) is 0.354. The summed E-state index contributed by atoms with van der Waals surface area (Å²) < 4.78 is 19.8. The molecule has 1 aromatic rings. The Hall–Kier alpha value is -2.21. The summed E-state index contributed by atoms with van der Waals surface area (Å²) in [6.45, 7) is 1.55. The number of amides is 2. The number of nitrogens with one attached hydrogen (secondary N) is 2. The molecular formula is C25H33FN2O3. The number of halogens is 1. The van der Waals surface area contributed by atoms with Gasteiger partial charge in [-0.3, -0.25) is 14.9 Å². The molecule has 2 saturated carbocycles. The standard InChI is InChI=1S/C25H33FN2O3/c26-21-11-10-20(16-22(21)31-17-18-7-8-18)25(13-14-25)27-15-5-3-1-2-4-6-19-9-12-23(29)28-24(19)30/h2,4,10-11,16,18-19,27H,1,3,5-9,12-15,17H2,(H,28,29,30)/b4-2-. The van der Waals surface area contributed by atoms with Crippen molar-refractivity contribution in [3.05, 3.63) is 41.7 Å². The van der Waals surface area contributed by atoms with E-state index < -0.39 is 0 Å². The van der Waals surface area contributed by atoms with Crippen molar-refractivity contribution in [1.29, 1.82) is 0 Å². The zero-order valence-electron chi connectivity index (χ0n) is 18.1. The van der Waals surface area contributed by atoms with Crippen molar-refractivity contribution in [2.75, 3.05) is 13.2 Å². The number of hydrogen-bond acceptors (Lipinski definition) is 4. The molecule has 0 radical (unpaired) electrons. The van der Waals surface area contributed by atoms with Crippen LogP contribution in [-0.2, 0) is 15.1 Å². The van der Waals surface area contributed by atoms with Crippen molar-refractivity contribution in [1.82, 2.24) is 10.6 Å². The molecule has 3 aliphatic rings. The van der Waals surface area contributed by atoms with Gasteiger partial charge in [0, 0.05) is 17.9 Å². The second kappa shape index (κ2) is 9.94. The van der Waals surface area contributed by atoms with Crippen LogP contribution in [0.25, 0.3) is 0 Å². The molecule has 1 heterocycles. The van der Waals surface area contributed by atoms with Crippen molar-refractivity contribution in [3.63, 3.8) is 0 Å². The zero-order chi connectivity index (χ0) is 21.7. The largest absolute Gasteiger partial charge is 0.490 e. The Balaban J connectivity index is 1.14. The van der Waals surface area contributed by atoms with E-state index in [2.05, 4.69) is 22.8 Å². The van der Waals surface area contributed by atoms with Gasteiger partial charge in [0.2, 0.25) is 11.8 Å². The lowest BCUT2D eigenvalue weighted by Crippen LogP contribution is -2.40. The average molecular weight is 429 g/mol. The predicted molar refractivity (Wildman–Crippen MR) is 117 cm³/mol. The second-order valence-corrected chi connectivity index (χ2v) is 9.26. The van der Waals surface area contributed by atoms with Crippen LogP contribution in [0.4, 0.5) is 4.39 Å². The maximum absolute atomic E-state index is 14.1. The van der Waals surface area contributed by atoms with Crippen LogP contribution in [0.1, 0.15) is 69.8 Å². The van der Waals surface area contributed by atoms with Gasteiger partial charge in [0.15, 0.2) is 11.6 Å². The van der Waals surface area contributed by atoms with Crippen molar-refractivity contribution in [2.45, 2.75) is 69.7 Å². The minimum absolute atomic E-state index is 0.0208. The lowest BCUT2D eigenvalue weighted by Gasteiger charge is -2.19. The first-order valence-electron chi connectivity index (χ1n) is 11.7. The van der Waals surface area contributed by atoms with Gasteiger partial charge in [-0.1, -0.05) is 18.2 Å². The van der Waals surface area contributed by atoms with E-state index in [-0.39, 0.29) is 29.1 Å². The Bertz CT molecular complexity index is 830. The molecule has 2 N–H and O–H groups in total. The molecule has 2 amide bonds. The number of ether oxygens (including phenoxy) is 1. The van der Waals surface area contributed by atoms with E-state index >= 15 is 0 Å². The van der Waals surface area contributed by atoms with Crippen molar-refractivity contribution in [2.24, 2.45) is 11.8 Å². The van der Waals surface area contributed by atoms with Gasteiger partial charge in [0.25, 0.3) is 0 Å². The molecule has 0 aromatic heterocycles. The molecule has 1 aromatic carbocycles. The number of carbonyl (C=O) groups is 2. The Morgan fingerprint density at radius 3 is 2.74 bits per heavy atom. The zero-order valence-corrected chi connectivity index (χ0v) is 18.1. The number of piperidine rings is 1. The third kappa shape index (κ3) is 6.16. The van der Waals surface area contributed by atoms with E-state index in [1.807, 2.05) is 12.1 Å². The first kappa shape index (κ1) is 22.0. The first-order valence-corrected chi connectivity index (χ1v) is 11.7. The summed E-state index contributed by atoms with van der Waals surface area (Å²) in [6.07, 6.45) is 13.7. The molecule has 2 aliphatic carbocycles. The predicted octanol–water partition coefficient (Wildman–Crippen LogP) is 4.36. The fourth-order valence-electron chi connectivity index (χ4n) is 4.15. The SMILES string of the molecule is O=C1CCC(C/C=C\CCCCNC2(c3ccc(F)c(OCC4CC4)c3)CC2)C(=O)N1. The van der Waals surface area contributed by atoms with Crippen LogP contribution in [-0.4, -0.2) is 25.0 Å². The van der Waals surface area contributed by atoms with Crippen LogP contribution >= 0.6 is 0 Å². The van der Waals surface area contributed by atoms with Gasteiger partial charge in [0.05, 0.1) is 6.61 Å². The molecule has 1 aliphatic heterocycles. The maximum atomic E-state index is 14.1. The highest BCUT2D eigenvalue weighted by Crippen LogP contribution is 2.46. The van der Waals surface area contributed by atoms with Crippen LogP contribution in [0.15, 0.2) is 30.4 Å². The van der Waals surface area contributed by atoms with Crippen LogP contribution in [0.5, 0.6) is 5.75 Å². The fraction of sp³-hybridized carbons (Fsp3) is 0.600. The molecule has 5 nitrogen and oxygen atoms in total. The Labute approximate surface area is 183 Å². The van der Waals surface area contributed by atoms with E-state index in [4.69, 9.17) is 4.74 Å². The van der Waals surface area contributed by atoms with Crippen molar-refractivity contribution >= 4 is 11.8 Å². The van der Waals surface area contributed by atoms with Crippen LogP contribution < -0.4 is 15.4 Å². The second-order valence-electron chi connectivity index (χ2n) is 9.26. The molecular weight excluding hydrogens is 395 g/mol. The summed E-state index contributed by atoms with van der Waals surface area (Å²) in [5, 5.41) is 6.08. The molecule has 0 spiro atoms. The molecule has 4 rings (SSSR count). The number of unbranched alkanes of at least 4 members (excludes halogenated alkanes) is 2. The number of carbonyl (C=O) groups excluding carboxylic acids is 2. The highest BCUT2D eigenvalue weighted by Gasteiger charge is 2.44. The summed E-state index contributed by atoms with van der Waals surface area (Å²) in [5.41, 5.74) is 1.11. The van der Waals surface area contributed by atoms with E-state index in [0.29, 0.717) is 37.5 Å². The lowest BCUT2D eigenvalue weighted by atomic mass is 9.94. The molecule has 1 unspecified atom stereocenters. The highest BCUT2D eigenvalue weighted by atomic mass is 19.1. The van der Waals surface area contributed by atoms with Crippen LogP contribution in [0, 0.1) is 17.7 Å². The van der Waals surface area contributed by atoms with Crippen LogP contribution in [0.3, 0.4) is 0 Å². The third-order valence-corrected chi connectivity index (χ3v) is 6.61. The quantitative estimate of drug-likeness (QED) is 0.295. The highest BCUT2D eigenvalue weighted by molar-refractivity contribution is 5.98. The smallest absolute Gasteiger partial charge is 0.229 e. The average Bonchev–Trinajstić information content (AvgIpc) is 3.66. The molecule has 6 heteroatoms. The summed E-state index contributed by atoms with van der Waals surface area (Å²) >= 11 is 0. The maximum Gasteiger partial charge on any atom is 0.229 e. The number of imide groups is 1. The monoisotopic (exact) mass is 428 g/mol. The number of allylic oxidation sites excluding steroid dienone is 2. The van der Waals surface area contributed by atoms with Gasteiger partial charge >= 0.3 is 0 Å². The minimum atomic E-state index is -0.274. The third-order valence-electron chi connectivity index (χ3n) is 6.61. The van der Waals surface area contributed by atoms with Gasteiger partial charge in [-0.2, -0.15) is 0 Å². The van der Waals surface area contributed by atoms with Gasteiger partial charge in [-0.15, -0.1) is 0 Å². The Morgan fingerprint density at radius 2 is 2.00 bits per heavy atom. The summed E-state index contributed by atoms with van der Waals surface area (Å²) in [6, 6.07) is 5.30. The van der Waals surface area contributed by atoms with E-state index in [9.17, 15) is 14.0 Å². The van der Waals surface area contributed by atoms with E-state index in [1.165, 1.54) is 18.9 Å². The van der Waals surface area contributed by atoms with Gasteiger partial charge in [-0.25, -0.2) is 4.39 Å². The molecule has 1 saturated heterocycles. The van der Waals surface area contributed by atoms with Crippen LogP contribution in [0.2, 0.25) is 0 Å². The van der Waals surface area contributed by atoms with Gasteiger partial charge in [-0.05, 0) is 87.9 Å². The van der Waals surface area contributed by atoms with E-state index in [1.54, 1.807) is 0 Å². The van der Waals surface area contributed by atoms with E-state index in [0.717, 1.165) is 44.2 Å². The molecule has 168 valence electrons. The van der Waals surface area contributed by atoms with Crippen molar-refractivity contribution < 1.29 is 18.7 Å². The topological polar surface area (TPSA) is 67.4 Å². The first-order chi connectivity index (χ1) is 15.1. The molecule has 31 heavy (non-hydrogen) atoms. The van der Waals surface area contributed by atoms with Gasteiger partial charge < -0.3 is 10.1 Å². The number of benzene rings is 1. The Kier molecular flexibility index (Phi) is 7.06.